The SMILES string of the molecule is CCCc1ccc(-c2nc(NC(=O)c3ccc(=O)n(CCOc4ccccc4)n3)sc2C)cc1. The van der Waals surface area contributed by atoms with Crippen LogP contribution in [0.5, 0.6) is 5.75 Å². The van der Waals surface area contributed by atoms with E-state index in [4.69, 9.17) is 4.74 Å². The van der Waals surface area contributed by atoms with Crippen LogP contribution in [-0.4, -0.2) is 27.3 Å². The minimum atomic E-state index is -0.420. The van der Waals surface area contributed by atoms with Crippen molar-refractivity contribution in [2.24, 2.45) is 0 Å². The molecule has 0 aliphatic heterocycles. The minimum Gasteiger partial charge on any atom is -0.492 e. The van der Waals surface area contributed by atoms with Crippen molar-refractivity contribution in [1.29, 1.82) is 0 Å². The van der Waals surface area contributed by atoms with Crippen LogP contribution < -0.4 is 15.6 Å². The maximum absolute atomic E-state index is 12.8. The van der Waals surface area contributed by atoms with Crippen LogP contribution in [0.3, 0.4) is 0 Å². The molecule has 4 aromatic rings. The Morgan fingerprint density at radius 2 is 1.82 bits per heavy atom. The van der Waals surface area contributed by atoms with Gasteiger partial charge in [0.2, 0.25) is 0 Å². The number of thiazole rings is 1. The van der Waals surface area contributed by atoms with E-state index in [2.05, 4.69) is 46.6 Å². The van der Waals surface area contributed by atoms with E-state index in [1.807, 2.05) is 37.3 Å². The van der Waals surface area contributed by atoms with Gasteiger partial charge < -0.3 is 4.74 Å². The predicted molar refractivity (Wildman–Crippen MR) is 135 cm³/mol. The summed E-state index contributed by atoms with van der Waals surface area (Å²) in [5, 5.41) is 7.50. The molecule has 0 aliphatic carbocycles. The van der Waals surface area contributed by atoms with E-state index in [1.54, 1.807) is 0 Å². The van der Waals surface area contributed by atoms with Gasteiger partial charge >= 0.3 is 0 Å². The Morgan fingerprint density at radius 1 is 1.06 bits per heavy atom. The van der Waals surface area contributed by atoms with Gasteiger partial charge in [0.15, 0.2) is 5.13 Å². The summed E-state index contributed by atoms with van der Waals surface area (Å²) in [6.07, 6.45) is 2.15. The molecule has 1 amide bonds. The summed E-state index contributed by atoms with van der Waals surface area (Å²) < 4.78 is 6.86. The van der Waals surface area contributed by atoms with Gasteiger partial charge in [0.1, 0.15) is 18.1 Å². The van der Waals surface area contributed by atoms with Crippen LogP contribution in [0.1, 0.15) is 34.3 Å². The fourth-order valence-electron chi connectivity index (χ4n) is 3.49. The predicted octanol–water partition coefficient (Wildman–Crippen LogP) is 4.96. The van der Waals surface area contributed by atoms with Crippen LogP contribution >= 0.6 is 11.3 Å². The number of amides is 1. The number of nitrogens with one attached hydrogen (secondary N) is 1. The van der Waals surface area contributed by atoms with Gasteiger partial charge in [-0.1, -0.05) is 55.8 Å². The number of nitrogens with zero attached hydrogens (tertiary/aromatic N) is 3. The average molecular weight is 475 g/mol. The summed E-state index contributed by atoms with van der Waals surface area (Å²) in [5.41, 5.74) is 2.99. The Morgan fingerprint density at radius 3 is 2.56 bits per heavy atom. The first-order valence-corrected chi connectivity index (χ1v) is 12.0. The molecule has 0 saturated carbocycles. The number of ether oxygens (including phenoxy) is 1. The number of hydrogen-bond acceptors (Lipinski definition) is 6. The zero-order valence-corrected chi connectivity index (χ0v) is 20.0. The third-order valence-corrected chi connectivity index (χ3v) is 6.08. The molecule has 1 N–H and O–H groups in total. The van der Waals surface area contributed by atoms with E-state index in [0.717, 1.165) is 29.0 Å². The van der Waals surface area contributed by atoms with E-state index in [1.165, 1.54) is 33.7 Å². The maximum Gasteiger partial charge on any atom is 0.277 e. The second kappa shape index (κ2) is 10.9. The number of rotatable bonds is 9. The lowest BCUT2D eigenvalue weighted by molar-refractivity contribution is 0.101. The summed E-state index contributed by atoms with van der Waals surface area (Å²) in [6, 6.07) is 20.4. The molecule has 0 atom stereocenters. The number of anilines is 1. The van der Waals surface area contributed by atoms with Gasteiger partial charge in [0, 0.05) is 16.5 Å². The molecule has 0 aliphatic rings. The van der Waals surface area contributed by atoms with Gasteiger partial charge in [0.25, 0.3) is 11.5 Å². The normalized spacial score (nSPS) is 10.8. The highest BCUT2D eigenvalue weighted by atomic mass is 32.1. The Labute approximate surface area is 202 Å². The third-order valence-electron chi connectivity index (χ3n) is 5.20. The van der Waals surface area contributed by atoms with E-state index in [0.29, 0.717) is 10.9 Å². The molecule has 0 saturated heterocycles. The van der Waals surface area contributed by atoms with Crippen LogP contribution in [0.15, 0.2) is 71.5 Å². The zero-order chi connectivity index (χ0) is 23.9. The van der Waals surface area contributed by atoms with E-state index in [9.17, 15) is 9.59 Å². The summed E-state index contributed by atoms with van der Waals surface area (Å²) in [5.74, 6) is 0.288. The topological polar surface area (TPSA) is 86.1 Å². The van der Waals surface area contributed by atoms with Gasteiger partial charge in [-0.05, 0) is 37.1 Å². The Bertz CT molecular complexity index is 1310. The van der Waals surface area contributed by atoms with Crippen molar-refractivity contribution in [2.75, 3.05) is 11.9 Å². The van der Waals surface area contributed by atoms with Crippen LogP contribution in [0.4, 0.5) is 5.13 Å². The third kappa shape index (κ3) is 5.77. The largest absolute Gasteiger partial charge is 0.492 e. The molecule has 34 heavy (non-hydrogen) atoms. The molecule has 0 radical (unpaired) electrons. The molecule has 4 rings (SSSR count). The molecule has 7 nitrogen and oxygen atoms in total. The summed E-state index contributed by atoms with van der Waals surface area (Å²) >= 11 is 1.41. The molecule has 0 unspecified atom stereocenters. The first-order chi connectivity index (χ1) is 16.5. The highest BCUT2D eigenvalue weighted by Gasteiger charge is 2.15. The smallest absolute Gasteiger partial charge is 0.277 e. The highest BCUT2D eigenvalue weighted by Crippen LogP contribution is 2.30. The molecule has 8 heteroatoms. The minimum absolute atomic E-state index is 0.137. The number of carbonyl (C=O) groups excluding carboxylic acids is 1. The Kier molecular flexibility index (Phi) is 7.49. The summed E-state index contributed by atoms with van der Waals surface area (Å²) in [4.78, 5) is 30.6. The van der Waals surface area contributed by atoms with Gasteiger partial charge in [0.05, 0.1) is 12.2 Å². The fourth-order valence-corrected chi connectivity index (χ4v) is 4.32. The molecule has 0 spiro atoms. The fraction of sp³-hybridized carbons (Fsp3) is 0.231. The van der Waals surface area contributed by atoms with Crippen LogP contribution in [0.2, 0.25) is 0 Å². The molecule has 0 bridgehead atoms. The van der Waals surface area contributed by atoms with Crippen molar-refractivity contribution >= 4 is 22.4 Å². The van der Waals surface area contributed by atoms with Crippen LogP contribution in [0, 0.1) is 6.92 Å². The molecule has 174 valence electrons. The molecular formula is C26H26N4O3S. The van der Waals surface area contributed by atoms with Gasteiger partial charge in [-0.2, -0.15) is 5.10 Å². The van der Waals surface area contributed by atoms with E-state index >= 15 is 0 Å². The van der Waals surface area contributed by atoms with Crippen molar-refractivity contribution in [3.8, 4) is 17.0 Å². The van der Waals surface area contributed by atoms with Crippen LogP contribution in [-0.2, 0) is 13.0 Å². The average Bonchev–Trinajstić information content (AvgIpc) is 3.21. The molecular weight excluding hydrogens is 448 g/mol. The number of carbonyl (C=O) groups is 1. The van der Waals surface area contributed by atoms with Crippen molar-refractivity contribution < 1.29 is 9.53 Å². The Balaban J connectivity index is 1.43. The molecule has 2 aromatic heterocycles. The van der Waals surface area contributed by atoms with Gasteiger partial charge in [-0.15, -0.1) is 11.3 Å². The van der Waals surface area contributed by atoms with Crippen molar-refractivity contribution in [3.63, 3.8) is 0 Å². The van der Waals surface area contributed by atoms with E-state index in [-0.39, 0.29) is 24.4 Å². The second-order valence-corrected chi connectivity index (χ2v) is 8.97. The van der Waals surface area contributed by atoms with Crippen LogP contribution in [0.25, 0.3) is 11.3 Å². The zero-order valence-electron chi connectivity index (χ0n) is 19.2. The van der Waals surface area contributed by atoms with E-state index < -0.39 is 5.91 Å². The van der Waals surface area contributed by atoms with Crippen molar-refractivity contribution in [2.45, 2.75) is 33.2 Å². The van der Waals surface area contributed by atoms with Gasteiger partial charge in [-0.3, -0.25) is 14.9 Å². The number of hydrogen-bond donors (Lipinski definition) is 1. The van der Waals surface area contributed by atoms with Gasteiger partial charge in [-0.25, -0.2) is 9.67 Å². The first kappa shape index (κ1) is 23.4. The number of aryl methyl sites for hydroxylation is 2. The lowest BCUT2D eigenvalue weighted by Crippen LogP contribution is -2.28. The first-order valence-electron chi connectivity index (χ1n) is 11.2. The lowest BCUT2D eigenvalue weighted by Gasteiger charge is -2.08. The molecule has 2 aromatic carbocycles. The maximum atomic E-state index is 12.8. The van der Waals surface area contributed by atoms with Crippen molar-refractivity contribution in [1.82, 2.24) is 14.8 Å². The quantitative estimate of drug-likeness (QED) is 0.371. The molecule has 0 fully saturated rings. The Hall–Kier alpha value is -3.78. The lowest BCUT2D eigenvalue weighted by atomic mass is 10.1. The standard InChI is InChI=1S/C26H26N4O3S/c1-3-7-19-10-12-20(13-11-19)24-18(2)34-26(27-24)28-25(32)22-14-15-23(31)30(29-22)16-17-33-21-8-5-4-6-9-21/h4-6,8-15H,3,7,16-17H2,1-2H3,(H,27,28,32). The summed E-state index contributed by atoms with van der Waals surface area (Å²) in [7, 11) is 0. The van der Waals surface area contributed by atoms with Crippen molar-refractivity contribution in [3.05, 3.63) is 93.2 Å². The summed E-state index contributed by atoms with van der Waals surface area (Å²) in [6.45, 7) is 4.62. The highest BCUT2D eigenvalue weighted by molar-refractivity contribution is 7.16. The number of benzene rings is 2. The molecule has 2 heterocycles. The second-order valence-electron chi connectivity index (χ2n) is 7.77. The number of aromatic nitrogens is 3. The monoisotopic (exact) mass is 474 g/mol. The number of para-hydroxylation sites is 1.